The molecule has 4 nitrogen and oxygen atoms in total. The first kappa shape index (κ1) is 21.0. The van der Waals surface area contributed by atoms with E-state index in [9.17, 15) is 13.2 Å². The summed E-state index contributed by atoms with van der Waals surface area (Å²) < 4.78 is 46.4. The second kappa shape index (κ2) is 9.17. The third-order valence-electron chi connectivity index (χ3n) is 4.08. The molecule has 0 atom stereocenters. The molecule has 3 rings (SSSR count). The molecule has 0 radical (unpaired) electrons. The summed E-state index contributed by atoms with van der Waals surface area (Å²) in [6.45, 7) is 6.67. The summed E-state index contributed by atoms with van der Waals surface area (Å²) in [4.78, 5) is 0. The number of alkyl halides is 3. The Bertz CT molecular complexity index is 985. The number of allylic oxidation sites excluding steroid dienone is 1. The van der Waals surface area contributed by atoms with Gasteiger partial charge in [0.15, 0.2) is 11.0 Å². The molecular formula is C21H20F3N3OS. The predicted octanol–water partition coefficient (Wildman–Crippen LogP) is 5.84. The lowest BCUT2D eigenvalue weighted by molar-refractivity contribution is -0.137. The Morgan fingerprint density at radius 2 is 1.93 bits per heavy atom. The van der Waals surface area contributed by atoms with Gasteiger partial charge in [0.2, 0.25) is 0 Å². The van der Waals surface area contributed by atoms with Crippen molar-refractivity contribution in [1.29, 1.82) is 0 Å². The molecular weight excluding hydrogens is 399 g/mol. The fourth-order valence-electron chi connectivity index (χ4n) is 2.81. The Kier molecular flexibility index (Phi) is 6.64. The van der Waals surface area contributed by atoms with E-state index in [0.717, 1.165) is 17.7 Å². The van der Waals surface area contributed by atoms with E-state index in [1.807, 2.05) is 35.8 Å². The average molecular weight is 419 g/mol. The zero-order chi connectivity index (χ0) is 20.9. The van der Waals surface area contributed by atoms with Crippen molar-refractivity contribution in [2.45, 2.75) is 30.6 Å². The third-order valence-corrected chi connectivity index (χ3v) is 5.12. The number of aromatic nitrogens is 3. The van der Waals surface area contributed by atoms with E-state index in [2.05, 4.69) is 16.8 Å². The van der Waals surface area contributed by atoms with Gasteiger partial charge in [0, 0.05) is 12.3 Å². The smallest absolute Gasteiger partial charge is 0.416 e. The van der Waals surface area contributed by atoms with Gasteiger partial charge in [0.25, 0.3) is 0 Å². The molecule has 3 aromatic rings. The van der Waals surface area contributed by atoms with Crippen LogP contribution in [0.25, 0.3) is 11.4 Å². The van der Waals surface area contributed by atoms with Crippen LogP contribution in [0.15, 0.2) is 66.3 Å². The van der Waals surface area contributed by atoms with Crippen LogP contribution in [-0.4, -0.2) is 21.4 Å². The van der Waals surface area contributed by atoms with Gasteiger partial charge in [0.1, 0.15) is 5.75 Å². The summed E-state index contributed by atoms with van der Waals surface area (Å²) in [7, 11) is 0. The Morgan fingerprint density at radius 1 is 1.14 bits per heavy atom. The summed E-state index contributed by atoms with van der Waals surface area (Å²) in [5.41, 5.74) is 0.707. The summed E-state index contributed by atoms with van der Waals surface area (Å²) in [5.74, 6) is 1.66. The quantitative estimate of drug-likeness (QED) is 0.340. The maximum absolute atomic E-state index is 12.9. The Balaban J connectivity index is 1.88. The zero-order valence-corrected chi connectivity index (χ0v) is 16.6. The third kappa shape index (κ3) is 5.00. The maximum atomic E-state index is 12.9. The van der Waals surface area contributed by atoms with Gasteiger partial charge in [-0.1, -0.05) is 48.2 Å². The molecule has 0 saturated heterocycles. The number of ether oxygens (including phenoxy) is 1. The van der Waals surface area contributed by atoms with Crippen LogP contribution in [0.3, 0.4) is 0 Å². The highest BCUT2D eigenvalue weighted by molar-refractivity contribution is 7.98. The molecule has 1 aromatic heterocycles. The minimum absolute atomic E-state index is 0.340. The van der Waals surface area contributed by atoms with Crippen molar-refractivity contribution in [3.8, 4) is 17.1 Å². The molecule has 0 aliphatic rings. The first-order valence-electron chi connectivity index (χ1n) is 8.99. The highest BCUT2D eigenvalue weighted by Crippen LogP contribution is 2.33. The van der Waals surface area contributed by atoms with Crippen LogP contribution >= 0.6 is 11.8 Å². The van der Waals surface area contributed by atoms with Gasteiger partial charge in [-0.2, -0.15) is 13.2 Å². The average Bonchev–Trinajstić information content (AvgIpc) is 3.09. The highest BCUT2D eigenvalue weighted by Gasteiger charge is 2.30. The van der Waals surface area contributed by atoms with E-state index in [4.69, 9.17) is 4.74 Å². The molecule has 0 spiro atoms. The molecule has 152 valence electrons. The van der Waals surface area contributed by atoms with Crippen molar-refractivity contribution in [3.63, 3.8) is 0 Å². The minimum Gasteiger partial charge on any atom is -0.493 e. The monoisotopic (exact) mass is 419 g/mol. The molecule has 0 aliphatic carbocycles. The van der Waals surface area contributed by atoms with Crippen molar-refractivity contribution in [3.05, 3.63) is 72.3 Å². The molecule has 2 aromatic carbocycles. The predicted molar refractivity (Wildman–Crippen MR) is 108 cm³/mol. The minimum atomic E-state index is -4.36. The summed E-state index contributed by atoms with van der Waals surface area (Å²) >= 11 is 1.33. The molecule has 29 heavy (non-hydrogen) atoms. The summed E-state index contributed by atoms with van der Waals surface area (Å²) in [6, 6.07) is 12.8. The van der Waals surface area contributed by atoms with E-state index in [0.29, 0.717) is 41.2 Å². The number of rotatable bonds is 8. The normalized spacial score (nSPS) is 11.4. The zero-order valence-electron chi connectivity index (χ0n) is 15.8. The van der Waals surface area contributed by atoms with Crippen LogP contribution in [0.1, 0.15) is 18.1 Å². The molecule has 1 heterocycles. The number of hydrogen-bond donors (Lipinski definition) is 0. The van der Waals surface area contributed by atoms with Gasteiger partial charge in [-0.25, -0.2) is 0 Å². The summed E-state index contributed by atoms with van der Waals surface area (Å²) in [5, 5.41) is 9.15. The van der Waals surface area contributed by atoms with Gasteiger partial charge >= 0.3 is 6.18 Å². The Hall–Kier alpha value is -2.74. The number of thioether (sulfide) groups is 1. The van der Waals surface area contributed by atoms with Crippen molar-refractivity contribution in [2.75, 3.05) is 6.61 Å². The largest absolute Gasteiger partial charge is 0.493 e. The van der Waals surface area contributed by atoms with Crippen LogP contribution in [0.2, 0.25) is 0 Å². The molecule has 0 amide bonds. The number of hydrogen-bond acceptors (Lipinski definition) is 4. The van der Waals surface area contributed by atoms with E-state index in [1.54, 1.807) is 12.1 Å². The fourth-order valence-corrected chi connectivity index (χ4v) is 3.70. The van der Waals surface area contributed by atoms with Crippen molar-refractivity contribution >= 4 is 11.8 Å². The Labute approximate surface area is 171 Å². The molecule has 0 aliphatic heterocycles. The molecule has 0 N–H and O–H groups in total. The lowest BCUT2D eigenvalue weighted by Gasteiger charge is -2.12. The van der Waals surface area contributed by atoms with Crippen molar-refractivity contribution in [2.24, 2.45) is 0 Å². The molecule has 0 saturated carbocycles. The van der Waals surface area contributed by atoms with E-state index in [-0.39, 0.29) is 0 Å². The second-order valence-corrected chi connectivity index (χ2v) is 7.06. The molecule has 0 unspecified atom stereocenters. The fraction of sp³-hybridized carbons (Fsp3) is 0.238. The van der Waals surface area contributed by atoms with Gasteiger partial charge in [-0.15, -0.1) is 16.8 Å². The Morgan fingerprint density at radius 3 is 2.66 bits per heavy atom. The first-order chi connectivity index (χ1) is 13.9. The molecule has 8 heteroatoms. The lowest BCUT2D eigenvalue weighted by Crippen LogP contribution is -2.05. The van der Waals surface area contributed by atoms with Crippen LogP contribution in [0.5, 0.6) is 5.75 Å². The van der Waals surface area contributed by atoms with Gasteiger partial charge in [-0.3, -0.25) is 4.57 Å². The number of halogens is 3. The van der Waals surface area contributed by atoms with Gasteiger partial charge in [0.05, 0.1) is 17.7 Å². The SMILES string of the molecule is C=CCn1c(SCc2cccc(C(F)(F)F)c2)nnc1-c1ccccc1OCC. The van der Waals surface area contributed by atoms with Gasteiger partial charge in [-0.05, 0) is 30.7 Å². The number of para-hydroxylation sites is 1. The van der Waals surface area contributed by atoms with E-state index in [1.165, 1.54) is 17.8 Å². The van der Waals surface area contributed by atoms with E-state index >= 15 is 0 Å². The van der Waals surface area contributed by atoms with Crippen LogP contribution < -0.4 is 4.74 Å². The second-order valence-electron chi connectivity index (χ2n) is 6.12. The lowest BCUT2D eigenvalue weighted by atomic mass is 10.1. The van der Waals surface area contributed by atoms with E-state index < -0.39 is 11.7 Å². The van der Waals surface area contributed by atoms with Gasteiger partial charge < -0.3 is 4.74 Å². The first-order valence-corrected chi connectivity index (χ1v) is 9.97. The molecule has 0 fully saturated rings. The maximum Gasteiger partial charge on any atom is 0.416 e. The van der Waals surface area contributed by atoms with Crippen molar-refractivity contribution < 1.29 is 17.9 Å². The van der Waals surface area contributed by atoms with Crippen LogP contribution in [-0.2, 0) is 18.5 Å². The topological polar surface area (TPSA) is 39.9 Å². The van der Waals surface area contributed by atoms with Crippen LogP contribution in [0, 0.1) is 0 Å². The standard InChI is InChI=1S/C21H20F3N3OS/c1-3-12-27-19(17-10-5-6-11-18(17)28-4-2)25-26-20(27)29-14-15-8-7-9-16(13-15)21(22,23)24/h3,5-11,13H,1,4,12,14H2,2H3. The molecule has 0 bridgehead atoms. The summed E-state index contributed by atoms with van der Waals surface area (Å²) in [6.07, 6.45) is -2.63. The number of benzene rings is 2. The van der Waals surface area contributed by atoms with Crippen LogP contribution in [0.4, 0.5) is 13.2 Å². The van der Waals surface area contributed by atoms with Crippen molar-refractivity contribution in [1.82, 2.24) is 14.8 Å². The highest BCUT2D eigenvalue weighted by atomic mass is 32.2. The number of nitrogens with zero attached hydrogens (tertiary/aromatic N) is 3.